The van der Waals surface area contributed by atoms with E-state index in [9.17, 15) is 0 Å². The minimum Gasteiger partial charge on any atom is -0.492 e. The fraction of sp³-hybridized carbons (Fsp3) is 0.714. The van der Waals surface area contributed by atoms with E-state index in [4.69, 9.17) is 39.8 Å². The Morgan fingerprint density at radius 2 is 1.70 bits per heavy atom. The molecule has 0 spiro atoms. The van der Waals surface area contributed by atoms with E-state index >= 15 is 0 Å². The Morgan fingerprint density at radius 3 is 2.23 bits per heavy atom. The highest BCUT2D eigenvalue weighted by Gasteiger charge is 2.27. The maximum Gasteiger partial charge on any atom is 0.261 e. The van der Waals surface area contributed by atoms with Gasteiger partial charge < -0.3 is 28.0 Å². The van der Waals surface area contributed by atoms with Crippen LogP contribution in [0, 0.1) is 5.92 Å². The average molecular weight is 464 g/mol. The first-order valence-electron chi connectivity index (χ1n) is 10.2. The third-order valence-corrected chi connectivity index (χ3v) is 6.60. The molecular formula is C21H38NO6PS. The molecule has 0 aliphatic heterocycles. The molecule has 0 saturated carbocycles. The molecule has 1 aromatic carbocycles. The van der Waals surface area contributed by atoms with Crippen molar-refractivity contribution < 1.29 is 28.0 Å². The van der Waals surface area contributed by atoms with Crippen molar-refractivity contribution in [2.45, 2.75) is 46.5 Å². The molecule has 0 aromatic heterocycles. The summed E-state index contributed by atoms with van der Waals surface area (Å²) in [6.07, 6.45) is -0.386. The molecule has 0 saturated heterocycles. The molecule has 1 aromatic rings. The van der Waals surface area contributed by atoms with Crippen molar-refractivity contribution in [1.82, 2.24) is 5.09 Å². The second-order valence-corrected chi connectivity index (χ2v) is 11.1. The molecule has 2 atom stereocenters. The van der Waals surface area contributed by atoms with E-state index in [-0.39, 0.29) is 12.2 Å². The second kappa shape index (κ2) is 13.8. The summed E-state index contributed by atoms with van der Waals surface area (Å²) in [5.74, 6) is 0.984. The van der Waals surface area contributed by atoms with E-state index in [1.165, 1.54) is 0 Å². The van der Waals surface area contributed by atoms with Crippen LogP contribution in [0.25, 0.3) is 0 Å². The van der Waals surface area contributed by atoms with Gasteiger partial charge in [0.25, 0.3) is 6.64 Å². The van der Waals surface area contributed by atoms with E-state index in [1.54, 1.807) is 14.2 Å². The Balaban J connectivity index is 2.55. The van der Waals surface area contributed by atoms with Gasteiger partial charge in [0.1, 0.15) is 12.4 Å². The summed E-state index contributed by atoms with van der Waals surface area (Å²) in [4.78, 5) is 0. The van der Waals surface area contributed by atoms with Crippen molar-refractivity contribution >= 4 is 18.4 Å². The van der Waals surface area contributed by atoms with Gasteiger partial charge in [0.2, 0.25) is 0 Å². The highest BCUT2D eigenvalue weighted by Crippen LogP contribution is 2.48. The van der Waals surface area contributed by atoms with Crippen molar-refractivity contribution in [3.05, 3.63) is 29.8 Å². The van der Waals surface area contributed by atoms with Crippen molar-refractivity contribution in [3.63, 3.8) is 0 Å². The maximum atomic E-state index is 6.07. The minimum atomic E-state index is -2.66. The van der Waals surface area contributed by atoms with E-state index in [0.29, 0.717) is 33.0 Å². The summed E-state index contributed by atoms with van der Waals surface area (Å²) in [5, 5.41) is 3.26. The molecule has 1 N–H and O–H groups in total. The highest BCUT2D eigenvalue weighted by atomic mass is 32.5. The number of nitrogens with one attached hydrogen (secondary N) is 1. The SMILES string of the molecule is CCOCC(C)COP(=S)(NCCOc1ccc(C(OC)OC)cc1)OC(C)(C)C. The van der Waals surface area contributed by atoms with E-state index in [0.717, 1.165) is 11.3 Å². The lowest BCUT2D eigenvalue weighted by atomic mass is 10.2. The maximum absolute atomic E-state index is 6.07. The van der Waals surface area contributed by atoms with Crippen molar-refractivity contribution in [2.24, 2.45) is 5.92 Å². The van der Waals surface area contributed by atoms with Crippen LogP contribution in [0.2, 0.25) is 0 Å². The zero-order valence-electron chi connectivity index (χ0n) is 19.3. The lowest BCUT2D eigenvalue weighted by molar-refractivity contribution is -0.106. The Hall–Kier alpha value is -0.570. The van der Waals surface area contributed by atoms with Crippen LogP contribution in [0.15, 0.2) is 24.3 Å². The normalized spacial score (nSPS) is 15.2. The first kappa shape index (κ1) is 27.5. The third kappa shape index (κ3) is 11.2. The molecular weight excluding hydrogens is 425 g/mol. The monoisotopic (exact) mass is 463 g/mol. The summed E-state index contributed by atoms with van der Waals surface area (Å²) in [6, 6.07) is 7.59. The zero-order chi connectivity index (χ0) is 22.6. The predicted molar refractivity (Wildman–Crippen MR) is 123 cm³/mol. The number of rotatable bonds is 15. The summed E-state index contributed by atoms with van der Waals surface area (Å²) >= 11 is 5.71. The van der Waals surface area contributed by atoms with Crippen LogP contribution in [-0.4, -0.2) is 52.8 Å². The molecule has 0 bridgehead atoms. The third-order valence-electron chi connectivity index (χ3n) is 3.79. The van der Waals surface area contributed by atoms with Crippen LogP contribution in [0.3, 0.4) is 0 Å². The highest BCUT2D eigenvalue weighted by molar-refractivity contribution is 8.09. The van der Waals surface area contributed by atoms with Crippen molar-refractivity contribution in [2.75, 3.05) is 47.2 Å². The molecule has 2 unspecified atom stereocenters. The first-order valence-corrected chi connectivity index (χ1v) is 12.8. The summed E-state index contributed by atoms with van der Waals surface area (Å²) in [7, 11) is 3.21. The number of hydrogen-bond donors (Lipinski definition) is 1. The van der Waals surface area contributed by atoms with Gasteiger partial charge in [0.15, 0.2) is 6.29 Å². The van der Waals surface area contributed by atoms with Crippen molar-refractivity contribution in [1.29, 1.82) is 0 Å². The van der Waals surface area contributed by atoms with Gasteiger partial charge in [-0.25, -0.2) is 5.09 Å². The number of methoxy groups -OCH3 is 2. The molecule has 30 heavy (non-hydrogen) atoms. The molecule has 7 nitrogen and oxygen atoms in total. The zero-order valence-corrected chi connectivity index (χ0v) is 21.0. The van der Waals surface area contributed by atoms with Crippen LogP contribution in [-0.2, 0) is 35.1 Å². The molecule has 0 fully saturated rings. The van der Waals surface area contributed by atoms with Gasteiger partial charge in [-0.2, -0.15) is 0 Å². The Bertz CT molecular complexity index is 633. The lowest BCUT2D eigenvalue weighted by Crippen LogP contribution is -2.28. The van der Waals surface area contributed by atoms with Gasteiger partial charge in [-0.3, -0.25) is 0 Å². The van der Waals surface area contributed by atoms with Gasteiger partial charge in [0, 0.05) is 38.9 Å². The molecule has 0 amide bonds. The molecule has 0 radical (unpaired) electrons. The Labute approximate surface area is 186 Å². The van der Waals surface area contributed by atoms with Crippen LogP contribution in [0.1, 0.15) is 46.5 Å². The van der Waals surface area contributed by atoms with Gasteiger partial charge in [-0.05, 0) is 51.6 Å². The standard InChI is InChI=1S/C21H38NO6PS/c1-8-25-15-17(2)16-27-29(30,28-21(3,4)5)22-13-14-26-19-11-9-18(10-12-19)20(23-6)24-7/h9-12,17,20H,8,13-16H2,1-7H3,(H,22,30). The molecule has 9 heteroatoms. The summed E-state index contributed by atoms with van der Waals surface area (Å²) in [5.41, 5.74) is 0.510. The quantitative estimate of drug-likeness (QED) is 0.229. The van der Waals surface area contributed by atoms with E-state index < -0.39 is 12.2 Å². The van der Waals surface area contributed by atoms with Crippen LogP contribution in [0.4, 0.5) is 0 Å². The van der Waals surface area contributed by atoms with Crippen molar-refractivity contribution in [3.8, 4) is 5.75 Å². The molecule has 174 valence electrons. The molecule has 0 aliphatic rings. The topological polar surface area (TPSA) is 67.4 Å². The first-order chi connectivity index (χ1) is 14.1. The number of hydrogen-bond acceptors (Lipinski definition) is 7. The lowest BCUT2D eigenvalue weighted by Gasteiger charge is -2.31. The number of ether oxygens (including phenoxy) is 4. The van der Waals surface area contributed by atoms with Gasteiger partial charge in [-0.15, -0.1) is 0 Å². The predicted octanol–water partition coefficient (Wildman–Crippen LogP) is 4.68. The van der Waals surface area contributed by atoms with E-state index in [2.05, 4.69) is 12.0 Å². The van der Waals surface area contributed by atoms with Gasteiger partial charge >= 0.3 is 0 Å². The molecule has 0 aliphatic carbocycles. The van der Waals surface area contributed by atoms with Gasteiger partial charge in [0.05, 0.1) is 18.8 Å². The molecule has 0 heterocycles. The molecule has 1 rings (SSSR count). The summed E-state index contributed by atoms with van der Waals surface area (Å²) < 4.78 is 33.8. The smallest absolute Gasteiger partial charge is 0.261 e. The largest absolute Gasteiger partial charge is 0.492 e. The Morgan fingerprint density at radius 1 is 1.07 bits per heavy atom. The average Bonchev–Trinajstić information content (AvgIpc) is 2.69. The second-order valence-electron chi connectivity index (χ2n) is 7.89. The van der Waals surface area contributed by atoms with E-state index in [1.807, 2.05) is 52.0 Å². The van der Waals surface area contributed by atoms with Crippen LogP contribution < -0.4 is 9.82 Å². The minimum absolute atomic E-state index is 0.232. The van der Waals surface area contributed by atoms with Crippen LogP contribution >= 0.6 is 6.64 Å². The fourth-order valence-electron chi connectivity index (χ4n) is 2.50. The fourth-order valence-corrected chi connectivity index (χ4v) is 5.37. The number of benzene rings is 1. The Kier molecular flexibility index (Phi) is 12.6. The van der Waals surface area contributed by atoms with Crippen LogP contribution in [0.5, 0.6) is 5.75 Å². The summed E-state index contributed by atoms with van der Waals surface area (Å²) in [6.45, 7) is 10.0. The van der Waals surface area contributed by atoms with Gasteiger partial charge in [-0.1, -0.05) is 19.1 Å².